The average Bonchev–Trinajstić information content (AvgIpc) is 2.98. The highest BCUT2D eigenvalue weighted by atomic mass is 16.2. The number of carbonyl (C=O) groups is 4. The van der Waals surface area contributed by atoms with Gasteiger partial charge in [-0.05, 0) is 57.2 Å². The summed E-state index contributed by atoms with van der Waals surface area (Å²) in [6.45, 7) is 0.743. The molecule has 8 heteroatoms. The van der Waals surface area contributed by atoms with Crippen molar-refractivity contribution in [3.05, 3.63) is 29.3 Å². The molecule has 3 N–H and O–H groups in total. The minimum atomic E-state index is -0.940. The number of rotatable bonds is 5. The molecule has 1 saturated heterocycles. The van der Waals surface area contributed by atoms with Gasteiger partial charge in [0.1, 0.15) is 6.04 Å². The summed E-state index contributed by atoms with van der Waals surface area (Å²) in [5, 5.41) is 8.91. The van der Waals surface area contributed by atoms with Gasteiger partial charge >= 0.3 is 0 Å². The first kappa shape index (κ1) is 19.6. The minimum absolute atomic E-state index is 0.115. The molecule has 0 radical (unpaired) electrons. The van der Waals surface area contributed by atoms with Crippen LogP contribution in [0.25, 0.3) is 0 Å². The van der Waals surface area contributed by atoms with E-state index in [0.717, 1.165) is 37.1 Å². The van der Waals surface area contributed by atoms with Gasteiger partial charge in [-0.15, -0.1) is 0 Å². The number of amides is 4. The molecular formula is C21H26N4O4. The summed E-state index contributed by atoms with van der Waals surface area (Å²) in [6, 6.07) is 4.80. The Hall–Kier alpha value is -2.74. The smallest absolute Gasteiger partial charge is 0.264 e. The second kappa shape index (κ2) is 7.94. The van der Waals surface area contributed by atoms with Gasteiger partial charge < -0.3 is 10.6 Å². The van der Waals surface area contributed by atoms with Crippen LogP contribution in [0.1, 0.15) is 59.2 Å². The van der Waals surface area contributed by atoms with Crippen LogP contribution in [0.15, 0.2) is 18.2 Å². The summed E-state index contributed by atoms with van der Waals surface area (Å²) < 4.78 is 0. The van der Waals surface area contributed by atoms with Gasteiger partial charge in [0, 0.05) is 24.7 Å². The van der Waals surface area contributed by atoms with Crippen LogP contribution in [-0.4, -0.2) is 54.2 Å². The van der Waals surface area contributed by atoms with Gasteiger partial charge in [0.15, 0.2) is 0 Å². The molecule has 0 aromatic heterocycles. The number of hydrogen-bond donors (Lipinski definition) is 3. The molecule has 1 aromatic rings. The van der Waals surface area contributed by atoms with Crippen LogP contribution in [0.3, 0.4) is 0 Å². The molecule has 1 aromatic carbocycles. The summed E-state index contributed by atoms with van der Waals surface area (Å²) >= 11 is 0. The number of anilines is 1. The molecule has 154 valence electrons. The molecule has 2 fully saturated rings. The maximum Gasteiger partial charge on any atom is 0.264 e. The fourth-order valence-electron chi connectivity index (χ4n) is 4.57. The van der Waals surface area contributed by atoms with E-state index in [0.29, 0.717) is 28.8 Å². The SMILES string of the molecule is CN[C@H]1CC[C@H](CNc2cccc3c2C(=O)N(C2CCC(=O)NC2=O)C3=O)CC1. The average molecular weight is 398 g/mol. The first-order chi connectivity index (χ1) is 14.0. The Morgan fingerprint density at radius 1 is 1.03 bits per heavy atom. The topological polar surface area (TPSA) is 108 Å². The van der Waals surface area contributed by atoms with Crippen LogP contribution in [0, 0.1) is 5.92 Å². The minimum Gasteiger partial charge on any atom is -0.384 e. The molecule has 29 heavy (non-hydrogen) atoms. The van der Waals surface area contributed by atoms with Crippen molar-refractivity contribution < 1.29 is 19.2 Å². The molecule has 0 spiro atoms. The van der Waals surface area contributed by atoms with Crippen molar-refractivity contribution in [3.63, 3.8) is 0 Å². The monoisotopic (exact) mass is 398 g/mol. The maximum absolute atomic E-state index is 13.1. The standard InChI is InChI=1S/C21H26N4O4/c1-22-13-7-5-12(6-8-13)11-23-15-4-2-3-14-18(15)21(29)25(20(14)28)16-9-10-17(26)24-19(16)27/h2-4,12-13,16,22-23H,5-11H2,1H3,(H,24,26,27)/t12-,13-,16?. The molecule has 1 atom stereocenters. The Morgan fingerprint density at radius 2 is 1.79 bits per heavy atom. The summed E-state index contributed by atoms with van der Waals surface area (Å²) in [5.41, 5.74) is 1.26. The highest BCUT2D eigenvalue weighted by molar-refractivity contribution is 6.25. The Bertz CT molecular complexity index is 860. The maximum atomic E-state index is 13.1. The third-order valence-corrected chi connectivity index (χ3v) is 6.30. The van der Waals surface area contributed by atoms with E-state index in [1.54, 1.807) is 18.2 Å². The third kappa shape index (κ3) is 3.64. The number of carbonyl (C=O) groups excluding carboxylic acids is 4. The van der Waals surface area contributed by atoms with E-state index < -0.39 is 23.8 Å². The number of nitrogens with zero attached hydrogens (tertiary/aromatic N) is 1. The second-order valence-electron chi connectivity index (χ2n) is 8.06. The zero-order chi connectivity index (χ0) is 20.5. The lowest BCUT2D eigenvalue weighted by Gasteiger charge is -2.29. The third-order valence-electron chi connectivity index (χ3n) is 6.30. The van der Waals surface area contributed by atoms with Gasteiger partial charge in [0.05, 0.1) is 11.1 Å². The van der Waals surface area contributed by atoms with Crippen molar-refractivity contribution >= 4 is 29.3 Å². The van der Waals surface area contributed by atoms with Gasteiger partial charge in [0.25, 0.3) is 11.8 Å². The highest BCUT2D eigenvalue weighted by Gasteiger charge is 2.45. The number of piperidine rings is 1. The largest absolute Gasteiger partial charge is 0.384 e. The van der Waals surface area contributed by atoms with Crippen molar-refractivity contribution in [3.8, 4) is 0 Å². The van der Waals surface area contributed by atoms with Crippen LogP contribution in [0.2, 0.25) is 0 Å². The summed E-state index contributed by atoms with van der Waals surface area (Å²) in [4.78, 5) is 50.6. The number of hydrogen-bond acceptors (Lipinski definition) is 6. The van der Waals surface area contributed by atoms with Crippen molar-refractivity contribution in [2.75, 3.05) is 18.9 Å². The molecule has 1 unspecified atom stereocenters. The Morgan fingerprint density at radius 3 is 2.48 bits per heavy atom. The molecule has 8 nitrogen and oxygen atoms in total. The number of fused-ring (bicyclic) bond motifs is 1. The van der Waals surface area contributed by atoms with Gasteiger partial charge in [-0.25, -0.2) is 0 Å². The summed E-state index contributed by atoms with van der Waals surface area (Å²) in [5.74, 6) is -1.39. The Labute approximate surface area is 169 Å². The molecule has 0 bridgehead atoms. The molecule has 1 saturated carbocycles. The van der Waals surface area contributed by atoms with Gasteiger partial charge in [0.2, 0.25) is 11.8 Å². The van der Waals surface area contributed by atoms with Gasteiger partial charge in [-0.2, -0.15) is 0 Å². The Balaban J connectivity index is 1.49. The lowest BCUT2D eigenvalue weighted by molar-refractivity contribution is -0.136. The van der Waals surface area contributed by atoms with E-state index in [1.165, 1.54) is 0 Å². The van der Waals surface area contributed by atoms with Crippen molar-refractivity contribution in [2.24, 2.45) is 5.92 Å². The molecule has 1 aliphatic carbocycles. The van der Waals surface area contributed by atoms with E-state index >= 15 is 0 Å². The lowest BCUT2D eigenvalue weighted by atomic mass is 9.86. The molecule has 4 rings (SSSR count). The first-order valence-corrected chi connectivity index (χ1v) is 10.2. The highest BCUT2D eigenvalue weighted by Crippen LogP contribution is 2.33. The van der Waals surface area contributed by atoms with Crippen LogP contribution >= 0.6 is 0 Å². The molecule has 2 heterocycles. The van der Waals surface area contributed by atoms with Gasteiger partial charge in [-0.3, -0.25) is 29.4 Å². The predicted molar refractivity (Wildman–Crippen MR) is 106 cm³/mol. The van der Waals surface area contributed by atoms with Crippen molar-refractivity contribution in [1.82, 2.24) is 15.5 Å². The number of nitrogens with one attached hydrogen (secondary N) is 3. The molecule has 3 aliphatic rings. The van der Waals surface area contributed by atoms with Crippen molar-refractivity contribution in [2.45, 2.75) is 50.6 Å². The summed E-state index contributed by atoms with van der Waals surface area (Å²) in [6.07, 6.45) is 4.77. The van der Waals surface area contributed by atoms with E-state index in [9.17, 15) is 19.2 Å². The summed E-state index contributed by atoms with van der Waals surface area (Å²) in [7, 11) is 1.99. The van der Waals surface area contributed by atoms with Crippen LogP contribution in [-0.2, 0) is 9.59 Å². The zero-order valence-corrected chi connectivity index (χ0v) is 16.5. The van der Waals surface area contributed by atoms with Crippen LogP contribution in [0.4, 0.5) is 5.69 Å². The number of benzene rings is 1. The molecule has 4 amide bonds. The molecule has 2 aliphatic heterocycles. The van der Waals surface area contributed by atoms with Crippen LogP contribution in [0.5, 0.6) is 0 Å². The van der Waals surface area contributed by atoms with E-state index in [2.05, 4.69) is 16.0 Å². The molecular weight excluding hydrogens is 372 g/mol. The Kier molecular flexibility index (Phi) is 5.36. The van der Waals surface area contributed by atoms with E-state index in [1.807, 2.05) is 7.05 Å². The lowest BCUT2D eigenvalue weighted by Crippen LogP contribution is -2.54. The predicted octanol–water partition coefficient (Wildman–Crippen LogP) is 1.28. The number of imide groups is 2. The van der Waals surface area contributed by atoms with Crippen LogP contribution < -0.4 is 16.0 Å². The second-order valence-corrected chi connectivity index (χ2v) is 8.06. The van der Waals surface area contributed by atoms with Gasteiger partial charge in [-0.1, -0.05) is 6.07 Å². The first-order valence-electron chi connectivity index (χ1n) is 10.2. The normalized spacial score (nSPS) is 27.1. The van der Waals surface area contributed by atoms with E-state index in [-0.39, 0.29) is 18.7 Å². The quantitative estimate of drug-likeness (QED) is 0.645. The van der Waals surface area contributed by atoms with Crippen molar-refractivity contribution in [1.29, 1.82) is 0 Å². The van der Waals surface area contributed by atoms with E-state index in [4.69, 9.17) is 0 Å². The zero-order valence-electron chi connectivity index (χ0n) is 16.5. The fraction of sp³-hybridized carbons (Fsp3) is 0.524. The fourth-order valence-corrected chi connectivity index (χ4v) is 4.57.